The van der Waals surface area contributed by atoms with E-state index in [9.17, 15) is 0 Å². The molecule has 1 N–H and O–H groups in total. The molecule has 0 aromatic carbocycles. The van der Waals surface area contributed by atoms with E-state index in [2.05, 4.69) is 19.2 Å². The monoisotopic (exact) mass is 133 g/mol. The smallest absolute Gasteiger partial charge is 0.0524 e. The van der Waals surface area contributed by atoms with Gasteiger partial charge in [-0.15, -0.1) is 11.6 Å². The highest BCUT2D eigenvalue weighted by Crippen LogP contribution is 2.23. The number of hydrogen-bond donors (Lipinski definition) is 1. The summed E-state index contributed by atoms with van der Waals surface area (Å²) in [6, 6.07) is 0. The fraction of sp³-hybridized carbons (Fsp3) is 1.00. The highest BCUT2D eigenvalue weighted by atomic mass is 35.5. The van der Waals surface area contributed by atoms with Crippen LogP contribution in [0.25, 0.3) is 0 Å². The molecule has 8 heavy (non-hydrogen) atoms. The second kappa shape index (κ2) is 1.89. The Hall–Kier alpha value is 0.250. The summed E-state index contributed by atoms with van der Waals surface area (Å²) in [6.45, 7) is 5.34. The number of nitrogens with one attached hydrogen (secondary N) is 1. The van der Waals surface area contributed by atoms with Crippen LogP contribution in [0.2, 0.25) is 0 Å². The van der Waals surface area contributed by atoms with Crippen molar-refractivity contribution in [2.75, 3.05) is 6.54 Å². The van der Waals surface area contributed by atoms with Gasteiger partial charge in [-0.1, -0.05) is 0 Å². The number of alkyl halides is 1. The molecule has 0 amide bonds. The minimum Gasteiger partial charge on any atom is -0.310 e. The highest BCUT2D eigenvalue weighted by molar-refractivity contribution is 6.21. The maximum Gasteiger partial charge on any atom is 0.0524 e. The Morgan fingerprint density at radius 2 is 2.25 bits per heavy atom. The minimum atomic E-state index is 0.168. The highest BCUT2D eigenvalue weighted by Gasteiger charge is 2.31. The van der Waals surface area contributed by atoms with Crippen LogP contribution >= 0.6 is 11.6 Å². The first-order valence-corrected chi connectivity index (χ1v) is 3.46. The average molecular weight is 134 g/mol. The summed E-state index contributed by atoms with van der Waals surface area (Å²) in [6.07, 6.45) is 1.11. The van der Waals surface area contributed by atoms with E-state index in [1.807, 2.05) is 0 Å². The van der Waals surface area contributed by atoms with Gasteiger partial charge in [0.2, 0.25) is 0 Å². The van der Waals surface area contributed by atoms with Gasteiger partial charge in [-0.25, -0.2) is 0 Å². The molecule has 0 aliphatic carbocycles. The Morgan fingerprint density at radius 3 is 2.38 bits per heavy atom. The van der Waals surface area contributed by atoms with Crippen LogP contribution in [0.15, 0.2) is 0 Å². The van der Waals surface area contributed by atoms with E-state index >= 15 is 0 Å². The van der Waals surface area contributed by atoms with Gasteiger partial charge < -0.3 is 5.32 Å². The molecule has 1 atom stereocenters. The molecule has 0 saturated carbocycles. The molecule has 0 bridgehead atoms. The Balaban J connectivity index is 2.54. The second-order valence-corrected chi connectivity index (χ2v) is 3.43. The molecule has 48 valence electrons. The molecular weight excluding hydrogens is 122 g/mol. The van der Waals surface area contributed by atoms with Gasteiger partial charge in [0.25, 0.3) is 0 Å². The average Bonchev–Trinajstić information content (AvgIpc) is 1.86. The van der Waals surface area contributed by atoms with Crippen LogP contribution in [-0.4, -0.2) is 17.5 Å². The first-order chi connectivity index (χ1) is 3.63. The summed E-state index contributed by atoms with van der Waals surface area (Å²) in [5.41, 5.74) is 0.168. The predicted molar refractivity (Wildman–Crippen MR) is 36.3 cm³/mol. The van der Waals surface area contributed by atoms with Crippen molar-refractivity contribution in [3.05, 3.63) is 0 Å². The Morgan fingerprint density at radius 1 is 1.62 bits per heavy atom. The van der Waals surface area contributed by atoms with Crippen LogP contribution in [0.4, 0.5) is 0 Å². The molecule has 1 rings (SSSR count). The zero-order valence-electron chi connectivity index (χ0n) is 5.37. The van der Waals surface area contributed by atoms with Crippen molar-refractivity contribution in [3.8, 4) is 0 Å². The first-order valence-electron chi connectivity index (χ1n) is 3.02. The second-order valence-electron chi connectivity index (χ2n) is 2.90. The lowest BCUT2D eigenvalue weighted by atomic mass is 10.0. The van der Waals surface area contributed by atoms with Gasteiger partial charge in [0, 0.05) is 5.54 Å². The van der Waals surface area contributed by atoms with E-state index in [1.165, 1.54) is 0 Å². The fourth-order valence-electron chi connectivity index (χ4n) is 0.993. The molecule has 2 heteroatoms. The number of hydrogen-bond acceptors (Lipinski definition) is 1. The van der Waals surface area contributed by atoms with Crippen LogP contribution in [-0.2, 0) is 0 Å². The molecule has 1 unspecified atom stereocenters. The van der Waals surface area contributed by atoms with Crippen LogP contribution in [0, 0.1) is 0 Å². The third kappa shape index (κ3) is 0.981. The Bertz CT molecular complexity index is 90.5. The van der Waals surface area contributed by atoms with E-state index in [0.717, 1.165) is 13.0 Å². The Labute approximate surface area is 55.4 Å². The fourth-order valence-corrected chi connectivity index (χ4v) is 1.18. The Kier molecular flexibility index (Phi) is 1.50. The lowest BCUT2D eigenvalue weighted by Crippen LogP contribution is -2.38. The lowest BCUT2D eigenvalue weighted by molar-refractivity contribution is 0.465. The SMILES string of the molecule is CC1(C)NCCC1Cl. The van der Waals surface area contributed by atoms with Crippen molar-refractivity contribution < 1.29 is 0 Å². The molecular formula is C6H12ClN. The quantitative estimate of drug-likeness (QED) is 0.493. The maximum absolute atomic E-state index is 5.94. The normalized spacial score (nSPS) is 35.6. The molecule has 1 aliphatic rings. The van der Waals surface area contributed by atoms with Crippen LogP contribution in [0.1, 0.15) is 20.3 Å². The summed E-state index contributed by atoms with van der Waals surface area (Å²) < 4.78 is 0. The zero-order chi connectivity index (χ0) is 6.20. The third-order valence-electron chi connectivity index (χ3n) is 1.76. The van der Waals surface area contributed by atoms with Crippen molar-refractivity contribution in [1.82, 2.24) is 5.32 Å². The minimum absolute atomic E-state index is 0.168. The molecule has 0 aromatic rings. The summed E-state index contributed by atoms with van der Waals surface area (Å²) in [5, 5.41) is 3.64. The van der Waals surface area contributed by atoms with Crippen molar-refractivity contribution in [3.63, 3.8) is 0 Å². The van der Waals surface area contributed by atoms with E-state index in [1.54, 1.807) is 0 Å². The molecule has 1 heterocycles. The van der Waals surface area contributed by atoms with Gasteiger partial charge in [-0.2, -0.15) is 0 Å². The lowest BCUT2D eigenvalue weighted by Gasteiger charge is -2.21. The standard InChI is InChI=1S/C6H12ClN/c1-6(2)5(7)3-4-8-6/h5,8H,3-4H2,1-2H3. The summed E-state index contributed by atoms with van der Waals surface area (Å²) >= 11 is 5.94. The van der Waals surface area contributed by atoms with E-state index in [-0.39, 0.29) is 5.54 Å². The van der Waals surface area contributed by atoms with E-state index in [4.69, 9.17) is 11.6 Å². The van der Waals surface area contributed by atoms with Crippen LogP contribution in [0.5, 0.6) is 0 Å². The van der Waals surface area contributed by atoms with Crippen LogP contribution in [0.3, 0.4) is 0 Å². The first kappa shape index (κ1) is 6.37. The van der Waals surface area contributed by atoms with Crippen molar-refractivity contribution in [2.45, 2.75) is 31.2 Å². The van der Waals surface area contributed by atoms with Gasteiger partial charge in [-0.3, -0.25) is 0 Å². The van der Waals surface area contributed by atoms with Crippen molar-refractivity contribution in [1.29, 1.82) is 0 Å². The van der Waals surface area contributed by atoms with Crippen molar-refractivity contribution >= 4 is 11.6 Å². The topological polar surface area (TPSA) is 12.0 Å². The summed E-state index contributed by atoms with van der Waals surface area (Å²) in [4.78, 5) is 0. The molecule has 0 spiro atoms. The van der Waals surface area contributed by atoms with Gasteiger partial charge >= 0.3 is 0 Å². The van der Waals surface area contributed by atoms with Crippen LogP contribution < -0.4 is 5.32 Å². The van der Waals surface area contributed by atoms with E-state index in [0.29, 0.717) is 5.38 Å². The molecule has 1 fully saturated rings. The number of rotatable bonds is 0. The predicted octanol–water partition coefficient (Wildman–Crippen LogP) is 1.37. The molecule has 1 nitrogen and oxygen atoms in total. The molecule has 1 aliphatic heterocycles. The van der Waals surface area contributed by atoms with Crippen molar-refractivity contribution in [2.24, 2.45) is 0 Å². The molecule has 0 radical (unpaired) electrons. The van der Waals surface area contributed by atoms with Gasteiger partial charge in [0.05, 0.1) is 5.38 Å². The summed E-state index contributed by atoms with van der Waals surface area (Å²) in [5.74, 6) is 0. The van der Waals surface area contributed by atoms with E-state index < -0.39 is 0 Å². The van der Waals surface area contributed by atoms with Gasteiger partial charge in [0.1, 0.15) is 0 Å². The maximum atomic E-state index is 5.94. The van der Waals surface area contributed by atoms with Gasteiger partial charge in [-0.05, 0) is 26.8 Å². The largest absolute Gasteiger partial charge is 0.310 e. The van der Waals surface area contributed by atoms with Gasteiger partial charge in [0.15, 0.2) is 0 Å². The molecule has 1 saturated heterocycles. The molecule has 0 aromatic heterocycles. The number of halogens is 1. The summed E-state index contributed by atoms with van der Waals surface area (Å²) in [7, 11) is 0. The zero-order valence-corrected chi connectivity index (χ0v) is 6.13. The third-order valence-corrected chi connectivity index (χ3v) is 2.53.